The average molecular weight is 195 g/mol. The van der Waals surface area contributed by atoms with Crippen molar-refractivity contribution in [3.05, 3.63) is 11.4 Å². The minimum Gasteiger partial charge on any atom is -0.396 e. The summed E-state index contributed by atoms with van der Waals surface area (Å²) in [6, 6.07) is 0. The molecule has 1 heterocycles. The van der Waals surface area contributed by atoms with Gasteiger partial charge in [0.15, 0.2) is 0 Å². The third kappa shape index (κ3) is 1.90. The molecule has 0 aromatic carbocycles. The Labute approximate surface area is 84.0 Å². The van der Waals surface area contributed by atoms with Gasteiger partial charge in [-0.15, -0.1) is 0 Å². The lowest BCUT2D eigenvalue weighted by Crippen LogP contribution is -2.08. The van der Waals surface area contributed by atoms with E-state index in [9.17, 15) is 0 Å². The molecule has 4 heteroatoms. The lowest BCUT2D eigenvalue weighted by molar-refractivity contribution is 0.0598. The van der Waals surface area contributed by atoms with Gasteiger partial charge in [0, 0.05) is 0 Å². The molecule has 0 amide bonds. The van der Waals surface area contributed by atoms with Crippen LogP contribution in [0.2, 0.25) is 0 Å². The molecule has 0 spiro atoms. The van der Waals surface area contributed by atoms with E-state index in [-0.39, 0.29) is 0 Å². The van der Waals surface area contributed by atoms with Crippen LogP contribution in [0, 0.1) is 19.8 Å². The summed E-state index contributed by atoms with van der Waals surface area (Å²) in [6.07, 6.45) is 2.64. The standard InChI is InChI=1S/C10H17N3O/c1-7-10(11)8(2)13(12-7)6-14-5-9-3-4-9/h9H,3-6,11H2,1-2H3. The van der Waals surface area contributed by atoms with Crippen molar-refractivity contribution in [2.45, 2.75) is 33.4 Å². The van der Waals surface area contributed by atoms with Crippen molar-refractivity contribution >= 4 is 5.69 Å². The van der Waals surface area contributed by atoms with Crippen molar-refractivity contribution in [2.75, 3.05) is 12.3 Å². The Bertz CT molecular complexity index is 328. The van der Waals surface area contributed by atoms with Gasteiger partial charge in [-0.05, 0) is 32.6 Å². The van der Waals surface area contributed by atoms with Gasteiger partial charge in [-0.3, -0.25) is 0 Å². The Hall–Kier alpha value is -1.03. The van der Waals surface area contributed by atoms with Gasteiger partial charge in [-0.25, -0.2) is 4.68 Å². The van der Waals surface area contributed by atoms with E-state index < -0.39 is 0 Å². The van der Waals surface area contributed by atoms with E-state index in [1.807, 2.05) is 18.5 Å². The van der Waals surface area contributed by atoms with Gasteiger partial charge in [0.25, 0.3) is 0 Å². The molecule has 1 fully saturated rings. The number of rotatable bonds is 4. The van der Waals surface area contributed by atoms with Crippen LogP contribution in [0.15, 0.2) is 0 Å². The van der Waals surface area contributed by atoms with Crippen molar-refractivity contribution in [1.82, 2.24) is 9.78 Å². The lowest BCUT2D eigenvalue weighted by Gasteiger charge is -2.05. The highest BCUT2D eigenvalue weighted by atomic mass is 16.5. The molecule has 78 valence electrons. The number of anilines is 1. The number of ether oxygens (including phenoxy) is 1. The van der Waals surface area contributed by atoms with E-state index >= 15 is 0 Å². The molecular formula is C10H17N3O. The van der Waals surface area contributed by atoms with Gasteiger partial charge in [-0.1, -0.05) is 0 Å². The Balaban J connectivity index is 1.90. The number of aromatic nitrogens is 2. The van der Waals surface area contributed by atoms with Crippen molar-refractivity contribution in [2.24, 2.45) is 5.92 Å². The van der Waals surface area contributed by atoms with Crippen LogP contribution in [-0.4, -0.2) is 16.4 Å². The van der Waals surface area contributed by atoms with E-state index in [0.29, 0.717) is 6.73 Å². The Morgan fingerprint density at radius 1 is 1.50 bits per heavy atom. The highest BCUT2D eigenvalue weighted by Crippen LogP contribution is 2.28. The zero-order valence-corrected chi connectivity index (χ0v) is 8.79. The van der Waals surface area contributed by atoms with Crippen LogP contribution >= 0.6 is 0 Å². The lowest BCUT2D eigenvalue weighted by atomic mass is 10.3. The SMILES string of the molecule is Cc1nn(COCC2CC2)c(C)c1N. The van der Waals surface area contributed by atoms with Crippen LogP contribution in [0.5, 0.6) is 0 Å². The molecule has 14 heavy (non-hydrogen) atoms. The largest absolute Gasteiger partial charge is 0.396 e. The Kier molecular flexibility index (Phi) is 2.46. The second-order valence-corrected chi connectivity index (χ2v) is 4.03. The summed E-state index contributed by atoms with van der Waals surface area (Å²) in [4.78, 5) is 0. The number of aryl methyl sites for hydroxylation is 1. The molecule has 1 aromatic heterocycles. The van der Waals surface area contributed by atoms with Crippen molar-refractivity contribution in [1.29, 1.82) is 0 Å². The van der Waals surface area contributed by atoms with Gasteiger partial charge in [0.2, 0.25) is 0 Å². The predicted molar refractivity (Wildman–Crippen MR) is 54.8 cm³/mol. The van der Waals surface area contributed by atoms with E-state index in [2.05, 4.69) is 5.10 Å². The van der Waals surface area contributed by atoms with E-state index in [1.54, 1.807) is 0 Å². The molecule has 4 nitrogen and oxygen atoms in total. The molecule has 0 atom stereocenters. The number of hydrogen-bond donors (Lipinski definition) is 1. The molecule has 0 saturated heterocycles. The predicted octanol–water partition coefficient (Wildman–Crippen LogP) is 1.47. The summed E-state index contributed by atoms with van der Waals surface area (Å²) in [7, 11) is 0. The molecule has 1 aliphatic carbocycles. The number of nitrogen functional groups attached to an aromatic ring is 1. The summed E-state index contributed by atoms with van der Waals surface area (Å²) in [5.74, 6) is 0.796. The molecule has 0 radical (unpaired) electrons. The maximum absolute atomic E-state index is 5.81. The van der Waals surface area contributed by atoms with Gasteiger partial charge in [0.05, 0.1) is 23.7 Å². The zero-order valence-electron chi connectivity index (χ0n) is 8.79. The van der Waals surface area contributed by atoms with Gasteiger partial charge in [0.1, 0.15) is 6.73 Å². The average Bonchev–Trinajstić information content (AvgIpc) is 2.93. The van der Waals surface area contributed by atoms with Gasteiger partial charge in [-0.2, -0.15) is 5.10 Å². The van der Waals surface area contributed by atoms with Crippen LogP contribution in [0.4, 0.5) is 5.69 Å². The third-order valence-electron chi connectivity index (χ3n) is 2.70. The summed E-state index contributed by atoms with van der Waals surface area (Å²) in [5.41, 5.74) is 8.47. The van der Waals surface area contributed by atoms with E-state index in [0.717, 1.165) is 29.6 Å². The zero-order chi connectivity index (χ0) is 10.1. The Morgan fingerprint density at radius 3 is 2.71 bits per heavy atom. The molecule has 0 bridgehead atoms. The third-order valence-corrected chi connectivity index (χ3v) is 2.70. The molecule has 2 N–H and O–H groups in total. The first-order chi connectivity index (χ1) is 6.68. The summed E-state index contributed by atoms with van der Waals surface area (Å²) in [6.45, 7) is 5.27. The van der Waals surface area contributed by atoms with Crippen LogP contribution in [0.1, 0.15) is 24.2 Å². The number of nitrogens with zero attached hydrogens (tertiary/aromatic N) is 2. The maximum atomic E-state index is 5.81. The second kappa shape index (κ2) is 3.61. The molecular weight excluding hydrogens is 178 g/mol. The van der Waals surface area contributed by atoms with Crippen LogP contribution in [-0.2, 0) is 11.5 Å². The maximum Gasteiger partial charge on any atom is 0.139 e. The fraction of sp³-hybridized carbons (Fsp3) is 0.700. The molecule has 1 aromatic rings. The fourth-order valence-electron chi connectivity index (χ4n) is 1.43. The monoisotopic (exact) mass is 195 g/mol. The first kappa shape index (κ1) is 9.52. The van der Waals surface area contributed by atoms with Crippen LogP contribution in [0.25, 0.3) is 0 Å². The van der Waals surface area contributed by atoms with E-state index in [1.165, 1.54) is 12.8 Å². The van der Waals surface area contributed by atoms with Crippen LogP contribution in [0.3, 0.4) is 0 Å². The summed E-state index contributed by atoms with van der Waals surface area (Å²) >= 11 is 0. The summed E-state index contributed by atoms with van der Waals surface area (Å²) in [5, 5.41) is 4.29. The van der Waals surface area contributed by atoms with Gasteiger partial charge >= 0.3 is 0 Å². The molecule has 1 saturated carbocycles. The van der Waals surface area contributed by atoms with Crippen molar-refractivity contribution in [3.8, 4) is 0 Å². The molecule has 2 rings (SSSR count). The molecule has 0 unspecified atom stereocenters. The number of hydrogen-bond acceptors (Lipinski definition) is 3. The van der Waals surface area contributed by atoms with E-state index in [4.69, 9.17) is 10.5 Å². The Morgan fingerprint density at radius 2 is 2.21 bits per heavy atom. The second-order valence-electron chi connectivity index (χ2n) is 4.03. The normalized spacial score (nSPS) is 16.1. The van der Waals surface area contributed by atoms with Crippen LogP contribution < -0.4 is 5.73 Å². The highest BCUT2D eigenvalue weighted by Gasteiger charge is 2.21. The van der Waals surface area contributed by atoms with Crippen molar-refractivity contribution in [3.63, 3.8) is 0 Å². The quantitative estimate of drug-likeness (QED) is 0.791. The molecule has 1 aliphatic rings. The first-order valence-electron chi connectivity index (χ1n) is 5.05. The minimum absolute atomic E-state index is 0.528. The minimum atomic E-state index is 0.528. The summed E-state index contributed by atoms with van der Waals surface area (Å²) < 4.78 is 7.36. The first-order valence-corrected chi connectivity index (χ1v) is 5.05. The fourth-order valence-corrected chi connectivity index (χ4v) is 1.43. The number of nitrogens with two attached hydrogens (primary N) is 1. The van der Waals surface area contributed by atoms with Gasteiger partial charge < -0.3 is 10.5 Å². The topological polar surface area (TPSA) is 53.1 Å². The molecule has 0 aliphatic heterocycles. The smallest absolute Gasteiger partial charge is 0.139 e. The highest BCUT2D eigenvalue weighted by molar-refractivity contribution is 5.46. The van der Waals surface area contributed by atoms with Crippen molar-refractivity contribution < 1.29 is 4.74 Å².